The lowest BCUT2D eigenvalue weighted by molar-refractivity contribution is 0.280. The van der Waals surface area contributed by atoms with Crippen molar-refractivity contribution in [2.24, 2.45) is 22.9 Å². The van der Waals surface area contributed by atoms with Crippen molar-refractivity contribution in [1.82, 2.24) is 41.7 Å². The molecule has 14 N–H and O–H groups in total. The summed E-state index contributed by atoms with van der Waals surface area (Å²) in [5, 5.41) is 20.7. The fourth-order valence-electron chi connectivity index (χ4n) is 3.49. The van der Waals surface area contributed by atoms with Gasteiger partial charge in [-0.3, -0.25) is 9.80 Å². The van der Waals surface area contributed by atoms with Crippen molar-refractivity contribution in [3.63, 3.8) is 0 Å². The van der Waals surface area contributed by atoms with Gasteiger partial charge in [-0.1, -0.05) is 0 Å². The Bertz CT molecular complexity index is 372. The zero-order chi connectivity index (χ0) is 25.0. The average molecular weight is 491 g/mol. The summed E-state index contributed by atoms with van der Waals surface area (Å²) in [6.07, 6.45) is 0. The van der Waals surface area contributed by atoms with Gasteiger partial charge in [0.25, 0.3) is 0 Å². The molecule has 0 bridgehead atoms. The summed E-state index contributed by atoms with van der Waals surface area (Å²) < 4.78 is 0. The lowest BCUT2D eigenvalue weighted by Gasteiger charge is -2.22. The van der Waals surface area contributed by atoms with E-state index < -0.39 is 0 Å². The van der Waals surface area contributed by atoms with Gasteiger partial charge in [-0.25, -0.2) is 0 Å². The van der Waals surface area contributed by atoms with E-state index in [0.717, 1.165) is 118 Å². The van der Waals surface area contributed by atoms with Crippen LogP contribution in [0.25, 0.3) is 0 Å². The number of hydrogen-bond donors (Lipinski definition) is 10. The molecule has 0 fully saturated rings. The van der Waals surface area contributed by atoms with Crippen molar-refractivity contribution in [2.75, 3.05) is 144 Å². The second kappa shape index (κ2) is 28.8. The number of nitrogens with zero attached hydrogens (tertiary/aromatic N) is 2. The van der Waals surface area contributed by atoms with Gasteiger partial charge in [-0.2, -0.15) is 0 Å². The maximum Gasteiger partial charge on any atom is 0.0108 e. The molecule has 0 aromatic heterocycles. The molecule has 0 heterocycles. The van der Waals surface area contributed by atoms with Crippen LogP contribution >= 0.6 is 0 Å². The molecule has 0 rings (SSSR count). The molecule has 0 unspecified atom stereocenters. The summed E-state index contributed by atoms with van der Waals surface area (Å²) in [6.45, 7) is 20.2. The zero-order valence-corrected chi connectivity index (χ0v) is 21.8. The SMILES string of the molecule is NCCNCCN(CCN)CCNCCNCCNCCNCCNCCN(CCN)CCN. The third-order valence-corrected chi connectivity index (χ3v) is 5.39. The molecule has 0 radical (unpaired) electrons. The highest BCUT2D eigenvalue weighted by atomic mass is 15.2. The summed E-state index contributed by atoms with van der Waals surface area (Å²) in [5.41, 5.74) is 22.5. The highest BCUT2D eigenvalue weighted by Gasteiger charge is 2.03. The van der Waals surface area contributed by atoms with E-state index in [9.17, 15) is 0 Å². The van der Waals surface area contributed by atoms with E-state index in [4.69, 9.17) is 22.9 Å². The molecule has 0 aliphatic carbocycles. The molecule has 0 aliphatic heterocycles. The van der Waals surface area contributed by atoms with Crippen molar-refractivity contribution in [3.05, 3.63) is 0 Å². The monoisotopic (exact) mass is 490 g/mol. The van der Waals surface area contributed by atoms with E-state index in [-0.39, 0.29) is 0 Å². The maximum atomic E-state index is 5.71. The first-order valence-corrected chi connectivity index (χ1v) is 13.3. The van der Waals surface area contributed by atoms with E-state index in [1.807, 2.05) is 0 Å². The largest absolute Gasteiger partial charge is 0.329 e. The van der Waals surface area contributed by atoms with Crippen molar-refractivity contribution < 1.29 is 0 Å². The van der Waals surface area contributed by atoms with Crippen LogP contribution in [0.1, 0.15) is 0 Å². The Hall–Kier alpha value is -0.480. The van der Waals surface area contributed by atoms with Crippen LogP contribution in [-0.2, 0) is 0 Å². The fourth-order valence-corrected chi connectivity index (χ4v) is 3.49. The molecule has 0 amide bonds. The molecule has 12 nitrogen and oxygen atoms in total. The fraction of sp³-hybridized carbons (Fsp3) is 1.00. The van der Waals surface area contributed by atoms with E-state index in [2.05, 4.69) is 41.7 Å². The minimum atomic E-state index is 0.682. The van der Waals surface area contributed by atoms with Gasteiger partial charge in [-0.15, -0.1) is 0 Å². The quantitative estimate of drug-likeness (QED) is 0.0451. The van der Waals surface area contributed by atoms with Gasteiger partial charge in [0.15, 0.2) is 0 Å². The van der Waals surface area contributed by atoms with Crippen LogP contribution in [0.2, 0.25) is 0 Å². The normalized spacial score (nSPS) is 11.8. The van der Waals surface area contributed by atoms with Crippen molar-refractivity contribution in [1.29, 1.82) is 0 Å². The second-order valence-electron chi connectivity index (χ2n) is 8.34. The lowest BCUT2D eigenvalue weighted by atomic mass is 10.4. The van der Waals surface area contributed by atoms with Crippen LogP contribution < -0.4 is 54.8 Å². The van der Waals surface area contributed by atoms with Crippen molar-refractivity contribution in [3.8, 4) is 0 Å². The standard InChI is InChI=1S/C22H58N12/c23-1-5-27-14-21-34(19-4-26)22-16-32-13-11-30-9-7-28-6-8-29-10-12-31-15-20-33(17-2-24)18-3-25/h27-32H,1-26H2. The predicted molar refractivity (Wildman–Crippen MR) is 146 cm³/mol. The summed E-state index contributed by atoms with van der Waals surface area (Å²) in [6, 6.07) is 0. The molecular formula is C22H58N12. The topological polar surface area (TPSA) is 183 Å². The molecule has 206 valence electrons. The minimum Gasteiger partial charge on any atom is -0.329 e. The smallest absolute Gasteiger partial charge is 0.0108 e. The minimum absolute atomic E-state index is 0.682. The van der Waals surface area contributed by atoms with Crippen LogP contribution in [0.5, 0.6) is 0 Å². The molecule has 0 aromatic rings. The van der Waals surface area contributed by atoms with Crippen LogP contribution in [0.3, 0.4) is 0 Å². The number of nitrogens with two attached hydrogens (primary N) is 4. The first-order chi connectivity index (χ1) is 16.8. The Labute approximate surface area is 209 Å². The molecule has 0 saturated heterocycles. The Morgan fingerprint density at radius 2 is 0.559 bits per heavy atom. The third-order valence-electron chi connectivity index (χ3n) is 5.39. The summed E-state index contributed by atoms with van der Waals surface area (Å²) in [7, 11) is 0. The predicted octanol–water partition coefficient (Wildman–Crippen LogP) is -5.04. The van der Waals surface area contributed by atoms with Crippen molar-refractivity contribution in [2.45, 2.75) is 0 Å². The highest BCUT2D eigenvalue weighted by Crippen LogP contribution is 1.85. The number of rotatable bonds is 29. The average Bonchev–Trinajstić information content (AvgIpc) is 2.83. The van der Waals surface area contributed by atoms with Crippen molar-refractivity contribution >= 4 is 0 Å². The van der Waals surface area contributed by atoms with Gasteiger partial charge >= 0.3 is 0 Å². The number of nitrogens with one attached hydrogen (secondary N) is 6. The van der Waals surface area contributed by atoms with Gasteiger partial charge in [0, 0.05) is 144 Å². The van der Waals surface area contributed by atoms with Gasteiger partial charge in [0.2, 0.25) is 0 Å². The number of hydrogen-bond acceptors (Lipinski definition) is 12. The van der Waals surface area contributed by atoms with E-state index >= 15 is 0 Å². The third kappa shape index (κ3) is 24.6. The maximum absolute atomic E-state index is 5.71. The van der Waals surface area contributed by atoms with Crippen LogP contribution in [0, 0.1) is 0 Å². The summed E-state index contributed by atoms with van der Waals surface area (Å²) in [5.74, 6) is 0. The Kier molecular flexibility index (Phi) is 28.3. The second-order valence-corrected chi connectivity index (χ2v) is 8.34. The molecule has 0 spiro atoms. The highest BCUT2D eigenvalue weighted by molar-refractivity contribution is 4.64. The lowest BCUT2D eigenvalue weighted by Crippen LogP contribution is -2.41. The van der Waals surface area contributed by atoms with E-state index in [0.29, 0.717) is 26.2 Å². The van der Waals surface area contributed by atoms with Crippen LogP contribution in [0.15, 0.2) is 0 Å². The molecule has 0 atom stereocenters. The van der Waals surface area contributed by atoms with E-state index in [1.165, 1.54) is 0 Å². The molecule has 12 heteroatoms. The Morgan fingerprint density at radius 1 is 0.294 bits per heavy atom. The molecule has 0 saturated carbocycles. The van der Waals surface area contributed by atoms with Gasteiger partial charge in [-0.05, 0) is 0 Å². The van der Waals surface area contributed by atoms with Gasteiger partial charge < -0.3 is 54.8 Å². The molecule has 34 heavy (non-hydrogen) atoms. The van der Waals surface area contributed by atoms with Gasteiger partial charge in [0.1, 0.15) is 0 Å². The first kappa shape index (κ1) is 33.5. The van der Waals surface area contributed by atoms with Crippen LogP contribution in [0.4, 0.5) is 0 Å². The van der Waals surface area contributed by atoms with Crippen LogP contribution in [-0.4, -0.2) is 154 Å². The Balaban J connectivity index is 3.32. The zero-order valence-electron chi connectivity index (χ0n) is 21.8. The molecular weight excluding hydrogens is 432 g/mol. The Morgan fingerprint density at radius 3 is 0.853 bits per heavy atom. The molecule has 0 aromatic carbocycles. The summed E-state index contributed by atoms with van der Waals surface area (Å²) in [4.78, 5) is 4.69. The van der Waals surface area contributed by atoms with E-state index in [1.54, 1.807) is 0 Å². The first-order valence-electron chi connectivity index (χ1n) is 13.3. The summed E-state index contributed by atoms with van der Waals surface area (Å²) >= 11 is 0. The molecule has 0 aliphatic rings. The van der Waals surface area contributed by atoms with Gasteiger partial charge in [0.05, 0.1) is 0 Å².